The molecule has 0 N–H and O–H groups in total. The highest BCUT2D eigenvalue weighted by Crippen LogP contribution is 2.38. The Morgan fingerprint density at radius 2 is 1.86 bits per heavy atom. The summed E-state index contributed by atoms with van der Waals surface area (Å²) in [5.41, 5.74) is 0.208. The van der Waals surface area contributed by atoms with Crippen LogP contribution in [0.25, 0.3) is 11.1 Å². The molecule has 0 spiro atoms. The van der Waals surface area contributed by atoms with Crippen molar-refractivity contribution in [3.05, 3.63) is 34.3 Å². The maximum Gasteiger partial charge on any atom is 0.420 e. The van der Waals surface area contributed by atoms with E-state index in [1.165, 1.54) is 10.6 Å². The second-order valence-electron chi connectivity index (χ2n) is 8.34. The van der Waals surface area contributed by atoms with Crippen LogP contribution in [0.3, 0.4) is 0 Å². The molecule has 1 aromatic carbocycles. The lowest BCUT2D eigenvalue weighted by molar-refractivity contribution is -0.0274. The Morgan fingerprint density at radius 3 is 2.50 bits per heavy atom. The van der Waals surface area contributed by atoms with E-state index in [0.29, 0.717) is 6.10 Å². The number of likely N-dealkylation sites (tertiary alicyclic amines) is 1. The van der Waals surface area contributed by atoms with Gasteiger partial charge in [-0.1, -0.05) is 0 Å². The standard InChI is InChI=1S/C21H28F2N2O3/c1-3-27-16-4-8-21(2,9-5-16)24-10-6-15(7-11-24)25-18-13-14(22)12-17(23)19(18)28-20(25)26/h12-13,15-16H,3-11H2,1-2H3/t16-,21-. The fourth-order valence-corrected chi connectivity index (χ4v) is 5.00. The molecule has 1 aliphatic carbocycles. The Balaban J connectivity index is 1.47. The molecule has 4 rings (SSSR count). The third-order valence-electron chi connectivity index (χ3n) is 6.64. The van der Waals surface area contributed by atoms with Crippen molar-refractivity contribution in [1.82, 2.24) is 9.47 Å². The van der Waals surface area contributed by atoms with Crippen LogP contribution in [0.15, 0.2) is 21.3 Å². The summed E-state index contributed by atoms with van der Waals surface area (Å²) >= 11 is 0. The molecule has 1 saturated heterocycles. The molecule has 1 saturated carbocycles. The van der Waals surface area contributed by atoms with Crippen LogP contribution in [0.5, 0.6) is 0 Å². The van der Waals surface area contributed by atoms with Crippen molar-refractivity contribution < 1.29 is 17.9 Å². The Labute approximate surface area is 163 Å². The molecule has 1 aromatic heterocycles. The normalized spacial score (nSPS) is 27.5. The fourth-order valence-electron chi connectivity index (χ4n) is 5.00. The quantitative estimate of drug-likeness (QED) is 0.778. The first kappa shape index (κ1) is 19.6. The zero-order valence-electron chi connectivity index (χ0n) is 16.5. The molecule has 2 heterocycles. The summed E-state index contributed by atoms with van der Waals surface area (Å²) in [6.45, 7) is 6.84. The van der Waals surface area contributed by atoms with E-state index in [-0.39, 0.29) is 22.7 Å². The van der Waals surface area contributed by atoms with Crippen molar-refractivity contribution in [3.63, 3.8) is 0 Å². The SMILES string of the molecule is CCO[C@H]1CC[C@](C)(N2CCC(n3c(=O)oc4c(F)cc(F)cc43)CC2)CC1. The van der Waals surface area contributed by atoms with Gasteiger partial charge in [-0.15, -0.1) is 0 Å². The topological polar surface area (TPSA) is 47.6 Å². The molecule has 2 fully saturated rings. The number of rotatable bonds is 4. The van der Waals surface area contributed by atoms with Gasteiger partial charge in [0.2, 0.25) is 0 Å². The van der Waals surface area contributed by atoms with Crippen molar-refractivity contribution in [1.29, 1.82) is 0 Å². The van der Waals surface area contributed by atoms with Gasteiger partial charge >= 0.3 is 5.76 Å². The number of benzene rings is 1. The number of hydrogen-bond donors (Lipinski definition) is 0. The second-order valence-corrected chi connectivity index (χ2v) is 8.34. The fraction of sp³-hybridized carbons (Fsp3) is 0.667. The molecule has 2 aliphatic rings. The van der Waals surface area contributed by atoms with Gasteiger partial charge in [0.05, 0.1) is 11.6 Å². The van der Waals surface area contributed by atoms with Gasteiger partial charge in [-0.05, 0) is 52.4 Å². The summed E-state index contributed by atoms with van der Waals surface area (Å²) in [6, 6.07) is 1.83. The van der Waals surface area contributed by atoms with Gasteiger partial charge in [-0.25, -0.2) is 13.6 Å². The third kappa shape index (κ3) is 3.50. The van der Waals surface area contributed by atoms with Crippen molar-refractivity contribution in [3.8, 4) is 0 Å². The largest absolute Gasteiger partial charge is 0.420 e. The summed E-state index contributed by atoms with van der Waals surface area (Å²) in [5.74, 6) is -2.14. The molecular formula is C21H28F2N2O3. The molecule has 0 bridgehead atoms. The Kier molecular flexibility index (Phi) is 5.31. The van der Waals surface area contributed by atoms with Gasteiger partial charge in [-0.3, -0.25) is 9.47 Å². The monoisotopic (exact) mass is 394 g/mol. The zero-order valence-corrected chi connectivity index (χ0v) is 16.5. The van der Waals surface area contributed by atoms with Gasteiger partial charge in [0, 0.05) is 43.4 Å². The highest BCUT2D eigenvalue weighted by molar-refractivity contribution is 5.73. The molecule has 0 unspecified atom stereocenters. The highest BCUT2D eigenvalue weighted by Gasteiger charge is 2.38. The van der Waals surface area contributed by atoms with E-state index >= 15 is 0 Å². The Morgan fingerprint density at radius 1 is 1.18 bits per heavy atom. The molecule has 1 aliphatic heterocycles. The van der Waals surface area contributed by atoms with Crippen molar-refractivity contribution in [2.75, 3.05) is 19.7 Å². The highest BCUT2D eigenvalue weighted by atomic mass is 19.1. The van der Waals surface area contributed by atoms with Crippen LogP contribution in [-0.2, 0) is 4.74 Å². The lowest BCUT2D eigenvalue weighted by atomic mass is 9.79. The van der Waals surface area contributed by atoms with Crippen LogP contribution in [-0.4, -0.2) is 40.8 Å². The molecule has 0 radical (unpaired) electrons. The predicted octanol–water partition coefficient (Wildman–Crippen LogP) is 4.25. The van der Waals surface area contributed by atoms with Gasteiger partial charge in [0.15, 0.2) is 11.4 Å². The number of oxazole rings is 1. The summed E-state index contributed by atoms with van der Waals surface area (Å²) in [7, 11) is 0. The number of piperidine rings is 1. The number of ether oxygens (including phenoxy) is 1. The Bertz CT molecular complexity index is 891. The van der Waals surface area contributed by atoms with Crippen LogP contribution in [0, 0.1) is 11.6 Å². The maximum absolute atomic E-state index is 13.9. The van der Waals surface area contributed by atoms with Crippen LogP contribution in [0.4, 0.5) is 8.78 Å². The first-order valence-corrected chi connectivity index (χ1v) is 10.3. The minimum Gasteiger partial charge on any atom is -0.405 e. The summed E-state index contributed by atoms with van der Waals surface area (Å²) < 4.78 is 39.9. The molecule has 0 atom stereocenters. The van der Waals surface area contributed by atoms with Crippen LogP contribution in [0.1, 0.15) is 58.4 Å². The van der Waals surface area contributed by atoms with Crippen molar-refractivity contribution >= 4 is 11.1 Å². The minimum absolute atomic E-state index is 0.102. The maximum atomic E-state index is 13.9. The van der Waals surface area contributed by atoms with Gasteiger partial charge in [0.1, 0.15) is 5.82 Å². The van der Waals surface area contributed by atoms with E-state index in [2.05, 4.69) is 11.8 Å². The number of fused-ring (bicyclic) bond motifs is 1. The average molecular weight is 394 g/mol. The van der Waals surface area contributed by atoms with Gasteiger partial charge < -0.3 is 9.15 Å². The summed E-state index contributed by atoms with van der Waals surface area (Å²) in [4.78, 5) is 14.8. The number of aromatic nitrogens is 1. The number of nitrogens with zero attached hydrogens (tertiary/aromatic N) is 2. The smallest absolute Gasteiger partial charge is 0.405 e. The van der Waals surface area contributed by atoms with E-state index in [9.17, 15) is 13.6 Å². The molecule has 7 heteroatoms. The second kappa shape index (κ2) is 7.59. The van der Waals surface area contributed by atoms with E-state index in [0.717, 1.165) is 64.3 Å². The first-order chi connectivity index (χ1) is 13.4. The zero-order chi connectivity index (χ0) is 19.9. The Hall–Kier alpha value is -1.73. The number of halogens is 2. The molecule has 2 aromatic rings. The van der Waals surface area contributed by atoms with Crippen LogP contribution in [0.2, 0.25) is 0 Å². The van der Waals surface area contributed by atoms with Crippen LogP contribution >= 0.6 is 0 Å². The molecule has 28 heavy (non-hydrogen) atoms. The predicted molar refractivity (Wildman–Crippen MR) is 103 cm³/mol. The first-order valence-electron chi connectivity index (χ1n) is 10.3. The molecular weight excluding hydrogens is 366 g/mol. The number of hydrogen-bond acceptors (Lipinski definition) is 4. The van der Waals surface area contributed by atoms with Gasteiger partial charge in [0.25, 0.3) is 0 Å². The van der Waals surface area contributed by atoms with Crippen molar-refractivity contribution in [2.24, 2.45) is 0 Å². The molecule has 5 nitrogen and oxygen atoms in total. The minimum atomic E-state index is -0.832. The lowest BCUT2D eigenvalue weighted by Gasteiger charge is -2.48. The van der Waals surface area contributed by atoms with Gasteiger partial charge in [-0.2, -0.15) is 0 Å². The van der Waals surface area contributed by atoms with E-state index < -0.39 is 17.4 Å². The summed E-state index contributed by atoms with van der Waals surface area (Å²) in [6.07, 6.45) is 6.26. The summed E-state index contributed by atoms with van der Waals surface area (Å²) in [5, 5.41) is 0. The van der Waals surface area contributed by atoms with Crippen LogP contribution < -0.4 is 5.76 Å². The molecule has 0 amide bonds. The molecule has 154 valence electrons. The third-order valence-corrected chi connectivity index (χ3v) is 6.64. The van der Waals surface area contributed by atoms with E-state index in [1.807, 2.05) is 6.92 Å². The van der Waals surface area contributed by atoms with E-state index in [4.69, 9.17) is 9.15 Å². The van der Waals surface area contributed by atoms with E-state index in [1.54, 1.807) is 0 Å². The lowest BCUT2D eigenvalue weighted by Crippen LogP contribution is -2.52. The average Bonchev–Trinajstić information content (AvgIpc) is 3.00. The van der Waals surface area contributed by atoms with Crippen molar-refractivity contribution in [2.45, 2.75) is 70.1 Å².